The molecule has 1 amide bonds. The molecule has 3 aromatic rings. The van der Waals surface area contributed by atoms with Crippen LogP contribution >= 0.6 is 0 Å². The highest BCUT2D eigenvalue weighted by atomic mass is 16.5. The van der Waals surface area contributed by atoms with Crippen LogP contribution in [-0.4, -0.2) is 60.3 Å². The standard InChI is InChI=1S/C21H26N4O3/c1-14-20(15(2)28-24-14)18-13-23-19-12-16(4-5-17(18)19)21(26)22-6-3-7-25-8-10-27-11-9-25/h4-5,12-13,23H,3,6-11H2,1-2H3,(H,22,26). The van der Waals surface area contributed by atoms with E-state index in [1.807, 2.05) is 38.2 Å². The molecule has 0 unspecified atom stereocenters. The van der Waals surface area contributed by atoms with Gasteiger partial charge in [0, 0.05) is 53.4 Å². The van der Waals surface area contributed by atoms with Crippen LogP contribution in [0, 0.1) is 13.8 Å². The number of hydrogen-bond acceptors (Lipinski definition) is 5. The van der Waals surface area contributed by atoms with Gasteiger partial charge in [0.2, 0.25) is 0 Å². The van der Waals surface area contributed by atoms with Crippen LogP contribution in [0.4, 0.5) is 0 Å². The summed E-state index contributed by atoms with van der Waals surface area (Å²) in [5.41, 5.74) is 4.50. The average Bonchev–Trinajstić information content (AvgIpc) is 3.27. The van der Waals surface area contributed by atoms with Gasteiger partial charge >= 0.3 is 0 Å². The summed E-state index contributed by atoms with van der Waals surface area (Å²) in [5.74, 6) is 0.748. The highest BCUT2D eigenvalue weighted by Crippen LogP contribution is 2.33. The predicted molar refractivity (Wildman–Crippen MR) is 107 cm³/mol. The maximum Gasteiger partial charge on any atom is 0.251 e. The number of nitrogens with zero attached hydrogens (tertiary/aromatic N) is 2. The Morgan fingerprint density at radius 1 is 1.29 bits per heavy atom. The Labute approximate surface area is 164 Å². The molecule has 2 N–H and O–H groups in total. The quantitative estimate of drug-likeness (QED) is 0.641. The molecule has 1 saturated heterocycles. The number of nitrogens with one attached hydrogen (secondary N) is 2. The molecule has 3 heterocycles. The van der Waals surface area contributed by atoms with Crippen molar-refractivity contribution in [3.05, 3.63) is 41.4 Å². The molecule has 7 heteroatoms. The third kappa shape index (κ3) is 3.81. The van der Waals surface area contributed by atoms with Crippen LogP contribution in [0.1, 0.15) is 28.2 Å². The number of amides is 1. The first-order valence-corrected chi connectivity index (χ1v) is 9.76. The van der Waals surface area contributed by atoms with Crippen molar-refractivity contribution in [2.75, 3.05) is 39.4 Å². The lowest BCUT2D eigenvalue weighted by atomic mass is 10.0. The van der Waals surface area contributed by atoms with E-state index in [2.05, 4.69) is 20.4 Å². The minimum absolute atomic E-state index is 0.0441. The van der Waals surface area contributed by atoms with Gasteiger partial charge in [-0.1, -0.05) is 11.2 Å². The van der Waals surface area contributed by atoms with Gasteiger partial charge in [-0.15, -0.1) is 0 Å². The van der Waals surface area contributed by atoms with Crippen LogP contribution < -0.4 is 5.32 Å². The number of carbonyl (C=O) groups excluding carboxylic acids is 1. The van der Waals surface area contributed by atoms with Crippen LogP contribution in [0.2, 0.25) is 0 Å². The summed E-state index contributed by atoms with van der Waals surface area (Å²) >= 11 is 0. The first-order valence-electron chi connectivity index (χ1n) is 9.76. The molecule has 2 aromatic heterocycles. The van der Waals surface area contributed by atoms with Crippen molar-refractivity contribution < 1.29 is 14.1 Å². The number of benzene rings is 1. The Morgan fingerprint density at radius 2 is 2.11 bits per heavy atom. The number of hydrogen-bond donors (Lipinski definition) is 2. The summed E-state index contributed by atoms with van der Waals surface area (Å²) in [6.07, 6.45) is 2.88. The number of carbonyl (C=O) groups is 1. The second-order valence-electron chi connectivity index (χ2n) is 7.23. The Kier molecular flexibility index (Phi) is 5.45. The molecule has 1 aliphatic rings. The van der Waals surface area contributed by atoms with Gasteiger partial charge in [-0.2, -0.15) is 0 Å². The van der Waals surface area contributed by atoms with Crippen LogP contribution in [0.3, 0.4) is 0 Å². The van der Waals surface area contributed by atoms with Gasteiger partial charge < -0.3 is 19.6 Å². The van der Waals surface area contributed by atoms with E-state index in [0.29, 0.717) is 12.1 Å². The molecule has 0 atom stereocenters. The van der Waals surface area contributed by atoms with Crippen molar-refractivity contribution in [2.24, 2.45) is 0 Å². The van der Waals surface area contributed by atoms with Crippen molar-refractivity contribution in [1.82, 2.24) is 20.4 Å². The van der Waals surface area contributed by atoms with Crippen molar-refractivity contribution in [3.63, 3.8) is 0 Å². The van der Waals surface area contributed by atoms with Crippen molar-refractivity contribution >= 4 is 16.8 Å². The van der Waals surface area contributed by atoms with Gasteiger partial charge in [0.25, 0.3) is 5.91 Å². The summed E-state index contributed by atoms with van der Waals surface area (Å²) in [7, 11) is 0. The molecule has 0 bridgehead atoms. The maximum atomic E-state index is 12.5. The largest absolute Gasteiger partial charge is 0.379 e. The zero-order chi connectivity index (χ0) is 19.5. The smallest absolute Gasteiger partial charge is 0.251 e. The summed E-state index contributed by atoms with van der Waals surface area (Å²) in [4.78, 5) is 18.1. The summed E-state index contributed by atoms with van der Waals surface area (Å²) in [6, 6.07) is 5.75. The Hall–Kier alpha value is -2.64. The molecule has 1 aliphatic heterocycles. The lowest BCUT2D eigenvalue weighted by Gasteiger charge is -2.26. The maximum absolute atomic E-state index is 12.5. The van der Waals surface area contributed by atoms with Crippen molar-refractivity contribution in [2.45, 2.75) is 20.3 Å². The molecule has 0 radical (unpaired) electrons. The van der Waals surface area contributed by atoms with Crippen molar-refractivity contribution in [1.29, 1.82) is 0 Å². The van der Waals surface area contributed by atoms with E-state index in [9.17, 15) is 4.79 Å². The average molecular weight is 382 g/mol. The van der Waals surface area contributed by atoms with E-state index in [1.165, 1.54) is 0 Å². The first kappa shape index (κ1) is 18.7. The number of rotatable bonds is 6. The van der Waals surface area contributed by atoms with Gasteiger partial charge in [0.15, 0.2) is 0 Å². The zero-order valence-electron chi connectivity index (χ0n) is 16.4. The third-order valence-corrected chi connectivity index (χ3v) is 5.29. The molecule has 0 aliphatic carbocycles. The van der Waals surface area contributed by atoms with Crippen molar-refractivity contribution in [3.8, 4) is 11.1 Å². The molecule has 0 saturated carbocycles. The van der Waals surface area contributed by atoms with E-state index >= 15 is 0 Å². The molecule has 148 valence electrons. The number of aromatic amines is 1. The topological polar surface area (TPSA) is 83.4 Å². The van der Waals surface area contributed by atoms with E-state index in [1.54, 1.807) is 0 Å². The molecule has 4 rings (SSSR count). The van der Waals surface area contributed by atoms with Crippen LogP contribution in [0.5, 0.6) is 0 Å². The normalized spacial score (nSPS) is 15.2. The SMILES string of the molecule is Cc1noc(C)c1-c1c[nH]c2cc(C(=O)NCCCN3CCOCC3)ccc12. The summed E-state index contributed by atoms with van der Waals surface area (Å²) < 4.78 is 10.6. The Morgan fingerprint density at radius 3 is 2.86 bits per heavy atom. The molecule has 7 nitrogen and oxygen atoms in total. The minimum atomic E-state index is -0.0441. The minimum Gasteiger partial charge on any atom is -0.379 e. The third-order valence-electron chi connectivity index (χ3n) is 5.29. The lowest BCUT2D eigenvalue weighted by molar-refractivity contribution is 0.0374. The highest BCUT2D eigenvalue weighted by Gasteiger charge is 2.16. The van der Waals surface area contributed by atoms with Gasteiger partial charge in [-0.25, -0.2) is 0 Å². The molecule has 1 fully saturated rings. The van der Waals surface area contributed by atoms with Crippen LogP contribution in [0.15, 0.2) is 28.9 Å². The molecule has 1 aromatic carbocycles. The molecule has 28 heavy (non-hydrogen) atoms. The number of ether oxygens (including phenoxy) is 1. The monoisotopic (exact) mass is 382 g/mol. The predicted octanol–water partition coefficient (Wildman–Crippen LogP) is 2.89. The number of H-pyrrole nitrogens is 1. The first-order chi connectivity index (χ1) is 13.6. The number of aryl methyl sites for hydroxylation is 2. The van der Waals surface area contributed by atoms with Gasteiger partial charge in [0.05, 0.1) is 18.9 Å². The highest BCUT2D eigenvalue weighted by molar-refractivity contribution is 6.02. The summed E-state index contributed by atoms with van der Waals surface area (Å²) in [6.45, 7) is 9.06. The van der Waals surface area contributed by atoms with Crippen LogP contribution in [0.25, 0.3) is 22.0 Å². The van der Waals surface area contributed by atoms with E-state index in [4.69, 9.17) is 9.26 Å². The number of fused-ring (bicyclic) bond motifs is 1. The summed E-state index contributed by atoms with van der Waals surface area (Å²) in [5, 5.41) is 8.11. The number of aromatic nitrogens is 2. The van der Waals surface area contributed by atoms with Gasteiger partial charge in [0.1, 0.15) is 5.76 Å². The fourth-order valence-electron chi connectivity index (χ4n) is 3.77. The zero-order valence-corrected chi connectivity index (χ0v) is 16.4. The number of morpholine rings is 1. The van der Waals surface area contributed by atoms with E-state index < -0.39 is 0 Å². The lowest BCUT2D eigenvalue weighted by Crippen LogP contribution is -2.38. The fourth-order valence-corrected chi connectivity index (χ4v) is 3.77. The van der Waals surface area contributed by atoms with Gasteiger partial charge in [-0.3, -0.25) is 9.69 Å². The fraction of sp³-hybridized carbons (Fsp3) is 0.429. The van der Waals surface area contributed by atoms with Crippen LogP contribution in [-0.2, 0) is 4.74 Å². The van der Waals surface area contributed by atoms with E-state index in [-0.39, 0.29) is 5.91 Å². The second kappa shape index (κ2) is 8.16. The van der Waals surface area contributed by atoms with Gasteiger partial charge in [-0.05, 0) is 38.9 Å². The Bertz CT molecular complexity index is 950. The van der Waals surface area contributed by atoms with E-state index in [0.717, 1.165) is 72.8 Å². The molecular formula is C21H26N4O3. The molecule has 0 spiro atoms. The second-order valence-corrected chi connectivity index (χ2v) is 7.23. The molecular weight excluding hydrogens is 356 g/mol. The Balaban J connectivity index is 1.40.